The number of piperidine rings is 1. The van der Waals surface area contributed by atoms with E-state index in [4.69, 9.17) is 10.3 Å². The van der Waals surface area contributed by atoms with Crippen LogP contribution in [-0.4, -0.2) is 35.4 Å². The molecule has 2 atom stereocenters. The molecule has 1 aromatic rings. The maximum atomic E-state index is 12.3. The van der Waals surface area contributed by atoms with Crippen molar-refractivity contribution in [3.63, 3.8) is 0 Å². The average Bonchev–Trinajstić information content (AvgIpc) is 2.53. The van der Waals surface area contributed by atoms with Crippen LogP contribution in [0.1, 0.15) is 25.3 Å². The van der Waals surface area contributed by atoms with E-state index < -0.39 is 12.0 Å². The highest BCUT2D eigenvalue weighted by molar-refractivity contribution is 5.83. The minimum Gasteiger partial charge on any atom is -0.459 e. The van der Waals surface area contributed by atoms with Gasteiger partial charge in [0.2, 0.25) is 5.91 Å². The Hall–Kier alpha value is -2.53. The topological polar surface area (TPSA) is 95.4 Å². The van der Waals surface area contributed by atoms with Crippen molar-refractivity contribution in [2.24, 2.45) is 5.11 Å². The van der Waals surface area contributed by atoms with Crippen molar-refractivity contribution >= 4 is 11.9 Å². The summed E-state index contributed by atoms with van der Waals surface area (Å²) >= 11 is 0. The zero-order valence-corrected chi connectivity index (χ0v) is 12.4. The normalized spacial score (nSPS) is 20.9. The van der Waals surface area contributed by atoms with Gasteiger partial charge in [0.25, 0.3) is 0 Å². The number of hydrogen-bond donors (Lipinski definition) is 0. The molecule has 1 aliphatic heterocycles. The largest absolute Gasteiger partial charge is 0.459 e. The third-order valence-corrected chi connectivity index (χ3v) is 3.69. The van der Waals surface area contributed by atoms with Gasteiger partial charge in [0.05, 0.1) is 0 Å². The van der Waals surface area contributed by atoms with E-state index in [0.29, 0.717) is 19.4 Å². The van der Waals surface area contributed by atoms with Gasteiger partial charge in [0, 0.05) is 24.4 Å². The maximum Gasteiger partial charge on any atom is 0.329 e. The predicted octanol–water partition coefficient (Wildman–Crippen LogP) is 2.42. The van der Waals surface area contributed by atoms with Crippen molar-refractivity contribution in [1.82, 2.24) is 4.90 Å². The fraction of sp³-hybridized carbons (Fsp3) is 0.467. The minimum atomic E-state index is -0.689. The summed E-state index contributed by atoms with van der Waals surface area (Å²) in [6.45, 7) is 1.98. The molecule has 0 saturated carbocycles. The van der Waals surface area contributed by atoms with Crippen LogP contribution >= 0.6 is 0 Å². The summed E-state index contributed by atoms with van der Waals surface area (Å²) in [7, 11) is 0. The second-order valence-corrected chi connectivity index (χ2v) is 5.20. The first-order chi connectivity index (χ1) is 10.6. The zero-order chi connectivity index (χ0) is 15.9. The molecule has 0 radical (unpaired) electrons. The fourth-order valence-corrected chi connectivity index (χ4v) is 2.55. The number of likely N-dealkylation sites (tertiary alicyclic amines) is 1. The molecule has 1 amide bonds. The number of esters is 1. The molecule has 1 aromatic carbocycles. The lowest BCUT2D eigenvalue weighted by Crippen LogP contribution is -2.50. The lowest BCUT2D eigenvalue weighted by Gasteiger charge is -2.35. The first-order valence-electron chi connectivity index (χ1n) is 7.13. The molecule has 1 heterocycles. The number of hydrogen-bond acceptors (Lipinski definition) is 4. The lowest BCUT2D eigenvalue weighted by molar-refractivity contribution is -0.157. The summed E-state index contributed by atoms with van der Waals surface area (Å²) in [5.41, 5.74) is 9.41. The SMILES string of the molecule is CC(=O)N1CC[C@H](N=[N+]=[N-])C[C@@H]1C(=O)OCc1ccccc1. The van der Waals surface area contributed by atoms with Gasteiger partial charge in [-0.05, 0) is 23.9 Å². The Bertz CT molecular complexity index is 584. The second-order valence-electron chi connectivity index (χ2n) is 5.20. The second kappa shape index (κ2) is 7.47. The summed E-state index contributed by atoms with van der Waals surface area (Å²) in [6, 6.07) is 8.36. The van der Waals surface area contributed by atoms with E-state index in [0.717, 1.165) is 5.56 Å². The smallest absolute Gasteiger partial charge is 0.329 e. The van der Waals surface area contributed by atoms with E-state index in [1.165, 1.54) is 11.8 Å². The summed E-state index contributed by atoms with van der Waals surface area (Å²) in [6.07, 6.45) is 0.864. The standard InChI is InChI=1S/C15H18N4O3/c1-11(20)19-8-7-13(17-18-16)9-14(19)15(21)22-10-12-5-3-2-4-6-12/h2-6,13-14H,7-10H2,1H3/t13-,14+/m0/s1. The Morgan fingerprint density at radius 3 is 2.77 bits per heavy atom. The molecule has 7 nitrogen and oxygen atoms in total. The molecule has 0 aliphatic carbocycles. The highest BCUT2D eigenvalue weighted by Crippen LogP contribution is 2.22. The van der Waals surface area contributed by atoms with Crippen LogP contribution < -0.4 is 0 Å². The van der Waals surface area contributed by atoms with Gasteiger partial charge in [-0.3, -0.25) is 4.79 Å². The van der Waals surface area contributed by atoms with Gasteiger partial charge in [0.1, 0.15) is 12.6 Å². The van der Waals surface area contributed by atoms with Gasteiger partial charge < -0.3 is 9.64 Å². The molecule has 1 aliphatic rings. The van der Waals surface area contributed by atoms with Crippen LogP contribution in [0.5, 0.6) is 0 Å². The number of amides is 1. The van der Waals surface area contributed by atoms with Crippen LogP contribution in [-0.2, 0) is 20.9 Å². The van der Waals surface area contributed by atoms with Gasteiger partial charge in [-0.25, -0.2) is 4.79 Å². The van der Waals surface area contributed by atoms with E-state index in [1.54, 1.807) is 0 Å². The highest BCUT2D eigenvalue weighted by atomic mass is 16.5. The first-order valence-corrected chi connectivity index (χ1v) is 7.13. The number of azide groups is 1. The number of carbonyl (C=O) groups excluding carboxylic acids is 2. The van der Waals surface area contributed by atoms with Gasteiger partial charge in [-0.15, -0.1) is 0 Å². The molecule has 1 fully saturated rings. The van der Waals surface area contributed by atoms with Crippen LogP contribution in [0.15, 0.2) is 35.4 Å². The summed E-state index contributed by atoms with van der Waals surface area (Å²) in [5.74, 6) is -0.641. The average molecular weight is 302 g/mol. The molecule has 0 bridgehead atoms. The van der Waals surface area contributed by atoms with Crippen LogP contribution in [0.25, 0.3) is 10.4 Å². The van der Waals surface area contributed by atoms with Crippen LogP contribution in [0, 0.1) is 0 Å². The van der Waals surface area contributed by atoms with Crippen molar-refractivity contribution in [2.75, 3.05) is 6.54 Å². The predicted molar refractivity (Wildman–Crippen MR) is 79.6 cm³/mol. The van der Waals surface area contributed by atoms with Gasteiger partial charge >= 0.3 is 5.97 Å². The van der Waals surface area contributed by atoms with E-state index >= 15 is 0 Å². The number of benzene rings is 1. The molecule has 0 spiro atoms. The van der Waals surface area contributed by atoms with Crippen LogP contribution in [0.2, 0.25) is 0 Å². The van der Waals surface area contributed by atoms with Crippen LogP contribution in [0.3, 0.4) is 0 Å². The Morgan fingerprint density at radius 2 is 2.14 bits per heavy atom. The third kappa shape index (κ3) is 3.99. The van der Waals surface area contributed by atoms with E-state index in [9.17, 15) is 9.59 Å². The molecule has 0 aromatic heterocycles. The number of carbonyl (C=O) groups is 2. The minimum absolute atomic E-state index is 0.161. The highest BCUT2D eigenvalue weighted by Gasteiger charge is 2.35. The maximum absolute atomic E-state index is 12.3. The van der Waals surface area contributed by atoms with Crippen molar-refractivity contribution in [2.45, 2.75) is 38.5 Å². The summed E-state index contributed by atoms with van der Waals surface area (Å²) in [5, 5.41) is 3.66. The molecule has 2 rings (SSSR count). The molecule has 22 heavy (non-hydrogen) atoms. The van der Waals surface area contributed by atoms with Crippen LogP contribution in [0.4, 0.5) is 0 Å². The molecule has 116 valence electrons. The Morgan fingerprint density at radius 1 is 1.41 bits per heavy atom. The molecule has 0 unspecified atom stereocenters. The van der Waals surface area contributed by atoms with Crippen molar-refractivity contribution in [3.8, 4) is 0 Å². The van der Waals surface area contributed by atoms with E-state index in [2.05, 4.69) is 10.0 Å². The Labute approximate surface area is 128 Å². The fourth-order valence-electron chi connectivity index (χ4n) is 2.55. The first kappa shape index (κ1) is 15.9. The summed E-state index contributed by atoms with van der Waals surface area (Å²) < 4.78 is 5.31. The van der Waals surface area contributed by atoms with Crippen molar-refractivity contribution in [1.29, 1.82) is 0 Å². The van der Waals surface area contributed by atoms with E-state index in [-0.39, 0.29) is 18.6 Å². The Kier molecular flexibility index (Phi) is 5.38. The molecule has 0 N–H and O–H groups in total. The third-order valence-electron chi connectivity index (χ3n) is 3.69. The zero-order valence-electron chi connectivity index (χ0n) is 12.4. The molecule has 7 heteroatoms. The van der Waals surface area contributed by atoms with Gasteiger partial charge in [-0.2, -0.15) is 0 Å². The number of ether oxygens (including phenoxy) is 1. The number of nitrogens with zero attached hydrogens (tertiary/aromatic N) is 4. The van der Waals surface area contributed by atoms with E-state index in [1.807, 2.05) is 30.3 Å². The lowest BCUT2D eigenvalue weighted by atomic mass is 9.97. The Balaban J connectivity index is 2.02. The van der Waals surface area contributed by atoms with Crippen molar-refractivity contribution in [3.05, 3.63) is 46.3 Å². The van der Waals surface area contributed by atoms with Crippen molar-refractivity contribution < 1.29 is 14.3 Å². The summed E-state index contributed by atoms with van der Waals surface area (Å²) in [4.78, 5) is 28.2. The quantitative estimate of drug-likeness (QED) is 0.370. The molecular formula is C15H18N4O3. The van der Waals surface area contributed by atoms with Gasteiger partial charge in [-0.1, -0.05) is 35.4 Å². The monoisotopic (exact) mass is 302 g/mol. The molecular weight excluding hydrogens is 284 g/mol. The van der Waals surface area contributed by atoms with Gasteiger partial charge in [0.15, 0.2) is 0 Å². The molecule has 1 saturated heterocycles. The number of rotatable bonds is 4.